The molecule has 0 fully saturated rings. The maximum Gasteiger partial charge on any atom is 0.332 e. The largest absolute Gasteiger partial charge is 0.479 e. The molecule has 0 spiro atoms. The molecule has 1 heterocycles. The number of rotatable bonds is 6. The normalized spacial score (nSPS) is 11.9. The third kappa shape index (κ3) is 4.96. The lowest BCUT2D eigenvalue weighted by molar-refractivity contribution is -0.146. The molecule has 0 bridgehead atoms. The minimum atomic E-state index is -1.45. The van der Waals surface area contributed by atoms with E-state index in [1.54, 1.807) is 31.2 Å². The molecule has 8 nitrogen and oxygen atoms in total. The summed E-state index contributed by atoms with van der Waals surface area (Å²) >= 11 is 0. The first-order valence-electron chi connectivity index (χ1n) is 5.77. The first kappa shape index (κ1) is 15.0. The molecule has 0 saturated heterocycles. The molecule has 0 saturated carbocycles. The Hall–Kier alpha value is -2.09. The fraction of sp³-hybridized carbons (Fsp3) is 0.545. The summed E-state index contributed by atoms with van der Waals surface area (Å²) in [5, 5.41) is 24.0. The van der Waals surface area contributed by atoms with Crippen molar-refractivity contribution in [3.63, 3.8) is 0 Å². The molecular weight excluding hydrogens is 252 g/mol. The molecular formula is C11H18N4O4. The summed E-state index contributed by atoms with van der Waals surface area (Å²) < 4.78 is 1.64. The van der Waals surface area contributed by atoms with Crippen LogP contribution >= 0.6 is 0 Å². The van der Waals surface area contributed by atoms with Gasteiger partial charge in [-0.15, -0.1) is 0 Å². The highest BCUT2D eigenvalue weighted by Crippen LogP contribution is 2.01. The summed E-state index contributed by atoms with van der Waals surface area (Å²) in [6.07, 6.45) is 1.99. The number of carbonyl (C=O) groups is 2. The van der Waals surface area contributed by atoms with Gasteiger partial charge >= 0.3 is 12.0 Å². The molecule has 19 heavy (non-hydrogen) atoms. The number of carboxylic acids is 1. The molecule has 0 aliphatic rings. The summed E-state index contributed by atoms with van der Waals surface area (Å²) in [5.74, 6) is -1.29. The number of carbonyl (C=O) groups excluding carboxylic acids is 1. The highest BCUT2D eigenvalue weighted by molar-refractivity contribution is 5.74. The highest BCUT2D eigenvalue weighted by Gasteiger charge is 2.14. The monoisotopic (exact) mass is 270 g/mol. The average molecular weight is 270 g/mol. The smallest absolute Gasteiger partial charge is 0.332 e. The molecule has 0 radical (unpaired) electrons. The van der Waals surface area contributed by atoms with Crippen LogP contribution in [-0.4, -0.2) is 56.6 Å². The van der Waals surface area contributed by atoms with Crippen molar-refractivity contribution in [3.05, 3.63) is 18.0 Å². The van der Waals surface area contributed by atoms with E-state index in [9.17, 15) is 9.59 Å². The molecule has 3 N–H and O–H groups in total. The summed E-state index contributed by atoms with van der Waals surface area (Å²) in [5.41, 5.74) is 0.894. The van der Waals surface area contributed by atoms with Gasteiger partial charge in [-0.25, -0.2) is 9.59 Å². The Morgan fingerprint density at radius 3 is 2.79 bits per heavy atom. The average Bonchev–Trinajstić information content (AvgIpc) is 2.74. The van der Waals surface area contributed by atoms with E-state index in [0.29, 0.717) is 6.54 Å². The van der Waals surface area contributed by atoms with Crippen LogP contribution in [0.25, 0.3) is 0 Å². The van der Waals surface area contributed by atoms with Crippen LogP contribution < -0.4 is 5.32 Å². The molecule has 0 aliphatic carbocycles. The molecule has 2 amide bonds. The lowest BCUT2D eigenvalue weighted by Crippen LogP contribution is -2.38. The van der Waals surface area contributed by atoms with Gasteiger partial charge in [0.2, 0.25) is 0 Å². The molecule has 1 unspecified atom stereocenters. The van der Waals surface area contributed by atoms with Crippen molar-refractivity contribution in [2.24, 2.45) is 7.05 Å². The van der Waals surface area contributed by atoms with Gasteiger partial charge < -0.3 is 20.4 Å². The van der Waals surface area contributed by atoms with Crippen LogP contribution in [0.2, 0.25) is 0 Å². The number of nitrogens with one attached hydrogen (secondary N) is 1. The lowest BCUT2D eigenvalue weighted by atomic mass is 10.2. The van der Waals surface area contributed by atoms with Crippen molar-refractivity contribution >= 4 is 12.0 Å². The first-order valence-corrected chi connectivity index (χ1v) is 5.77. The van der Waals surface area contributed by atoms with E-state index in [1.165, 1.54) is 4.90 Å². The van der Waals surface area contributed by atoms with E-state index in [0.717, 1.165) is 5.56 Å². The van der Waals surface area contributed by atoms with Crippen LogP contribution in [0.1, 0.15) is 12.0 Å². The van der Waals surface area contributed by atoms with Crippen molar-refractivity contribution in [3.8, 4) is 0 Å². The van der Waals surface area contributed by atoms with Crippen LogP contribution in [0.5, 0.6) is 0 Å². The Morgan fingerprint density at radius 1 is 1.58 bits per heavy atom. The molecule has 1 atom stereocenters. The number of urea groups is 1. The second-order valence-corrected chi connectivity index (χ2v) is 4.25. The predicted molar refractivity (Wildman–Crippen MR) is 66.3 cm³/mol. The minimum Gasteiger partial charge on any atom is -0.479 e. The Kier molecular flexibility index (Phi) is 5.31. The van der Waals surface area contributed by atoms with E-state index in [2.05, 4.69) is 10.4 Å². The summed E-state index contributed by atoms with van der Waals surface area (Å²) in [4.78, 5) is 23.5. The zero-order chi connectivity index (χ0) is 14.4. The van der Waals surface area contributed by atoms with Crippen LogP contribution in [0.15, 0.2) is 12.4 Å². The second-order valence-electron chi connectivity index (χ2n) is 4.25. The SMILES string of the molecule is CN(Cc1cnn(C)c1)C(=O)NCCC(O)C(=O)O. The Morgan fingerprint density at radius 2 is 2.26 bits per heavy atom. The summed E-state index contributed by atoms with van der Waals surface area (Å²) in [6.45, 7) is 0.505. The van der Waals surface area contributed by atoms with Crippen molar-refractivity contribution < 1.29 is 19.8 Å². The third-order valence-corrected chi connectivity index (χ3v) is 2.50. The maximum absolute atomic E-state index is 11.7. The second kappa shape index (κ2) is 6.74. The number of hydrogen-bond acceptors (Lipinski definition) is 4. The molecule has 1 aromatic rings. The molecule has 106 valence electrons. The number of aryl methyl sites for hydroxylation is 1. The van der Waals surface area contributed by atoms with E-state index in [1.807, 2.05) is 0 Å². The fourth-order valence-corrected chi connectivity index (χ4v) is 1.47. The number of aliphatic hydroxyl groups is 1. The number of carboxylic acid groups (broad SMARTS) is 1. The first-order chi connectivity index (χ1) is 8.90. The number of aliphatic carboxylic acids is 1. The Balaban J connectivity index is 2.31. The predicted octanol–water partition coefficient (Wildman–Crippen LogP) is -0.603. The molecule has 1 rings (SSSR count). The van der Waals surface area contributed by atoms with Gasteiger partial charge in [-0.1, -0.05) is 0 Å². The Labute approximate surface area is 110 Å². The van der Waals surface area contributed by atoms with Gasteiger partial charge in [0.25, 0.3) is 0 Å². The van der Waals surface area contributed by atoms with Gasteiger partial charge in [-0.3, -0.25) is 4.68 Å². The van der Waals surface area contributed by atoms with Crippen molar-refractivity contribution in [2.45, 2.75) is 19.1 Å². The van der Waals surface area contributed by atoms with E-state index < -0.39 is 12.1 Å². The summed E-state index contributed by atoms with van der Waals surface area (Å²) in [7, 11) is 3.41. The van der Waals surface area contributed by atoms with Gasteiger partial charge in [-0.2, -0.15) is 5.10 Å². The maximum atomic E-state index is 11.7. The van der Waals surface area contributed by atoms with Crippen molar-refractivity contribution in [1.82, 2.24) is 20.0 Å². The zero-order valence-electron chi connectivity index (χ0n) is 10.9. The van der Waals surface area contributed by atoms with Crippen LogP contribution in [0.4, 0.5) is 4.79 Å². The lowest BCUT2D eigenvalue weighted by Gasteiger charge is -2.17. The third-order valence-electron chi connectivity index (χ3n) is 2.50. The van der Waals surface area contributed by atoms with Crippen LogP contribution in [0.3, 0.4) is 0 Å². The number of aliphatic hydroxyl groups excluding tert-OH is 1. The Bertz CT molecular complexity index is 446. The van der Waals surface area contributed by atoms with Crippen molar-refractivity contribution in [2.75, 3.05) is 13.6 Å². The van der Waals surface area contributed by atoms with Gasteiger partial charge in [0, 0.05) is 38.8 Å². The van der Waals surface area contributed by atoms with Crippen molar-refractivity contribution in [1.29, 1.82) is 0 Å². The van der Waals surface area contributed by atoms with E-state index >= 15 is 0 Å². The van der Waals surface area contributed by atoms with Gasteiger partial charge in [0.05, 0.1) is 12.7 Å². The molecule has 0 aromatic carbocycles. The molecule has 0 aliphatic heterocycles. The van der Waals surface area contributed by atoms with Gasteiger partial charge in [0.1, 0.15) is 0 Å². The summed E-state index contributed by atoms with van der Waals surface area (Å²) in [6, 6.07) is -0.332. The van der Waals surface area contributed by atoms with Crippen LogP contribution in [0, 0.1) is 0 Å². The molecule has 1 aromatic heterocycles. The zero-order valence-corrected chi connectivity index (χ0v) is 10.9. The van der Waals surface area contributed by atoms with E-state index in [-0.39, 0.29) is 19.0 Å². The number of hydrogen-bond donors (Lipinski definition) is 3. The van der Waals surface area contributed by atoms with Crippen LogP contribution in [-0.2, 0) is 18.4 Å². The fourth-order valence-electron chi connectivity index (χ4n) is 1.47. The van der Waals surface area contributed by atoms with Gasteiger partial charge in [0.15, 0.2) is 6.10 Å². The van der Waals surface area contributed by atoms with Gasteiger partial charge in [-0.05, 0) is 0 Å². The number of nitrogens with zero attached hydrogens (tertiary/aromatic N) is 3. The number of aromatic nitrogens is 2. The molecule has 8 heteroatoms. The quantitative estimate of drug-likeness (QED) is 0.639. The number of amides is 2. The topological polar surface area (TPSA) is 108 Å². The standard InChI is InChI=1S/C11H18N4O4/c1-14(6-8-5-13-15(2)7-8)11(19)12-4-3-9(16)10(17)18/h5,7,9,16H,3-4,6H2,1-2H3,(H,12,19)(H,17,18). The highest BCUT2D eigenvalue weighted by atomic mass is 16.4. The van der Waals surface area contributed by atoms with E-state index in [4.69, 9.17) is 10.2 Å². The minimum absolute atomic E-state index is 0.0260.